The topological polar surface area (TPSA) is 91.6 Å². The second kappa shape index (κ2) is 8.97. The number of amides is 1. The van der Waals surface area contributed by atoms with Gasteiger partial charge in [-0.2, -0.15) is 0 Å². The lowest BCUT2D eigenvalue weighted by Crippen LogP contribution is -2.44. The normalized spacial score (nSPS) is 14.4. The van der Waals surface area contributed by atoms with Gasteiger partial charge in [-0.3, -0.25) is 20.2 Å². The monoisotopic (exact) mass is 459 g/mol. The molecule has 1 aliphatic heterocycles. The van der Waals surface area contributed by atoms with Gasteiger partial charge in [0.1, 0.15) is 5.69 Å². The summed E-state index contributed by atoms with van der Waals surface area (Å²) in [6, 6.07) is 7.80. The van der Waals surface area contributed by atoms with Gasteiger partial charge in [0, 0.05) is 48.8 Å². The molecule has 3 aromatic rings. The summed E-state index contributed by atoms with van der Waals surface area (Å²) >= 11 is 1.11. The molecule has 0 atom stereocenters. The fourth-order valence-corrected chi connectivity index (χ4v) is 4.13. The fraction of sp³-hybridized carbons (Fsp3) is 0.238. The van der Waals surface area contributed by atoms with Crippen LogP contribution in [0.5, 0.6) is 0 Å². The molecule has 0 radical (unpaired) electrons. The van der Waals surface area contributed by atoms with Crippen LogP contribution in [0, 0.1) is 21.7 Å². The Hall–Kier alpha value is -3.44. The van der Waals surface area contributed by atoms with Crippen LogP contribution in [0.3, 0.4) is 0 Å². The molecule has 4 rings (SSSR count). The molecule has 8 nitrogen and oxygen atoms in total. The number of piperazine rings is 1. The highest BCUT2D eigenvalue weighted by Gasteiger charge is 2.24. The second-order valence-electron chi connectivity index (χ2n) is 7.37. The van der Waals surface area contributed by atoms with Crippen molar-refractivity contribution < 1.29 is 18.5 Å². The number of hydrogen-bond donors (Lipinski definition) is 1. The lowest BCUT2D eigenvalue weighted by molar-refractivity contribution is -0.384. The van der Waals surface area contributed by atoms with Crippen LogP contribution >= 0.6 is 11.3 Å². The number of rotatable bonds is 5. The minimum Gasteiger partial charge on any atom is -0.363 e. The van der Waals surface area contributed by atoms with Gasteiger partial charge in [-0.25, -0.2) is 13.8 Å². The van der Waals surface area contributed by atoms with Crippen molar-refractivity contribution in [1.29, 1.82) is 0 Å². The number of halogens is 2. The van der Waals surface area contributed by atoms with E-state index in [2.05, 4.69) is 15.2 Å². The molecule has 0 spiro atoms. The number of carbonyl (C=O) groups is 1. The molecule has 1 fully saturated rings. The number of anilines is 2. The summed E-state index contributed by atoms with van der Waals surface area (Å²) in [4.78, 5) is 32.1. The smallest absolute Gasteiger partial charge is 0.293 e. The molecule has 2 aromatic carbocycles. The molecule has 1 aliphatic rings. The fourth-order valence-electron chi connectivity index (χ4n) is 3.41. The molecule has 2 heterocycles. The molecule has 0 aliphatic carbocycles. The summed E-state index contributed by atoms with van der Waals surface area (Å²) < 4.78 is 26.6. The number of likely N-dealkylation sites (N-methyl/N-ethyl adjacent to an activating group) is 1. The van der Waals surface area contributed by atoms with E-state index in [1.807, 2.05) is 11.9 Å². The Morgan fingerprint density at radius 2 is 1.88 bits per heavy atom. The zero-order valence-electron chi connectivity index (χ0n) is 17.0. The van der Waals surface area contributed by atoms with Crippen molar-refractivity contribution in [3.63, 3.8) is 0 Å². The Balaban J connectivity index is 1.52. The first kappa shape index (κ1) is 21.8. The van der Waals surface area contributed by atoms with Crippen LogP contribution in [-0.4, -0.2) is 53.9 Å². The molecule has 32 heavy (non-hydrogen) atoms. The van der Waals surface area contributed by atoms with Crippen molar-refractivity contribution in [3.05, 3.63) is 69.1 Å². The van der Waals surface area contributed by atoms with Crippen molar-refractivity contribution in [3.8, 4) is 11.3 Å². The molecule has 0 unspecified atom stereocenters. The molecule has 1 saturated heterocycles. The summed E-state index contributed by atoms with van der Waals surface area (Å²) in [5.74, 6) is -2.50. The van der Waals surface area contributed by atoms with E-state index < -0.39 is 22.5 Å². The van der Waals surface area contributed by atoms with E-state index in [9.17, 15) is 23.7 Å². The molecular formula is C21H19F2N5O3S. The largest absolute Gasteiger partial charge is 0.363 e. The summed E-state index contributed by atoms with van der Waals surface area (Å²) in [5, 5.41) is 16.1. The maximum absolute atomic E-state index is 13.5. The molecule has 1 amide bonds. The number of nitro benzene ring substituents is 1. The third-order valence-electron chi connectivity index (χ3n) is 5.22. The second-order valence-corrected chi connectivity index (χ2v) is 8.23. The first-order chi connectivity index (χ1) is 15.3. The summed E-state index contributed by atoms with van der Waals surface area (Å²) in [7, 11) is 2.00. The van der Waals surface area contributed by atoms with Gasteiger partial charge in [0.05, 0.1) is 10.6 Å². The number of benzene rings is 2. The quantitative estimate of drug-likeness (QED) is 0.458. The first-order valence-corrected chi connectivity index (χ1v) is 10.6. The number of thiazole rings is 1. The molecule has 166 valence electrons. The van der Waals surface area contributed by atoms with E-state index in [1.54, 1.807) is 17.5 Å². The van der Waals surface area contributed by atoms with E-state index in [0.29, 0.717) is 30.0 Å². The van der Waals surface area contributed by atoms with Crippen molar-refractivity contribution >= 4 is 33.8 Å². The van der Waals surface area contributed by atoms with E-state index in [-0.39, 0.29) is 16.4 Å². The van der Waals surface area contributed by atoms with E-state index >= 15 is 0 Å². The number of carbonyl (C=O) groups excluding carboxylic acids is 1. The number of hydrogen-bond acceptors (Lipinski definition) is 7. The van der Waals surface area contributed by atoms with E-state index in [4.69, 9.17) is 0 Å². The van der Waals surface area contributed by atoms with Crippen LogP contribution in [0.25, 0.3) is 11.3 Å². The predicted octanol–water partition coefficient (Wildman–Crippen LogP) is 4.00. The van der Waals surface area contributed by atoms with E-state index in [0.717, 1.165) is 36.6 Å². The van der Waals surface area contributed by atoms with Crippen molar-refractivity contribution in [2.24, 2.45) is 0 Å². The minimum absolute atomic E-state index is 0.124. The average molecular weight is 459 g/mol. The molecule has 1 aromatic heterocycles. The maximum Gasteiger partial charge on any atom is 0.293 e. The summed E-state index contributed by atoms with van der Waals surface area (Å²) in [6.45, 7) is 2.91. The minimum atomic E-state index is -0.992. The van der Waals surface area contributed by atoms with Crippen LogP contribution in [0.15, 0.2) is 41.8 Å². The van der Waals surface area contributed by atoms with Crippen molar-refractivity contribution in [2.45, 2.75) is 0 Å². The molecule has 11 heteroatoms. The Morgan fingerprint density at radius 1 is 1.12 bits per heavy atom. The third-order valence-corrected chi connectivity index (χ3v) is 5.98. The molecule has 1 N–H and O–H groups in total. The van der Waals surface area contributed by atoms with Gasteiger partial charge in [-0.1, -0.05) is 0 Å². The van der Waals surface area contributed by atoms with Crippen LogP contribution in [0.1, 0.15) is 10.4 Å². The van der Waals surface area contributed by atoms with Crippen LogP contribution in [-0.2, 0) is 0 Å². The Kier molecular flexibility index (Phi) is 6.10. The Bertz CT molecular complexity index is 1180. The SMILES string of the molecule is CN1CCN(c2ccc(C(=O)Nc3nc(-c4ccc(F)c(F)c4)cs3)cc2[N+](=O)[O-])CC1. The molecule has 0 bridgehead atoms. The number of nitrogens with zero attached hydrogens (tertiary/aromatic N) is 4. The Morgan fingerprint density at radius 3 is 2.56 bits per heavy atom. The summed E-state index contributed by atoms with van der Waals surface area (Å²) in [5.41, 5.74) is 1.21. The lowest BCUT2D eigenvalue weighted by atomic mass is 10.1. The van der Waals surface area contributed by atoms with Gasteiger partial charge >= 0.3 is 0 Å². The maximum atomic E-state index is 13.5. The zero-order chi connectivity index (χ0) is 22.8. The van der Waals surface area contributed by atoms with Crippen LogP contribution in [0.2, 0.25) is 0 Å². The number of aromatic nitrogens is 1. The van der Waals surface area contributed by atoms with Gasteiger partial charge in [-0.05, 0) is 37.4 Å². The highest BCUT2D eigenvalue weighted by Crippen LogP contribution is 2.31. The zero-order valence-corrected chi connectivity index (χ0v) is 17.9. The molecule has 0 saturated carbocycles. The van der Waals surface area contributed by atoms with Gasteiger partial charge in [0.2, 0.25) is 0 Å². The highest BCUT2D eigenvalue weighted by atomic mass is 32.1. The standard InChI is InChI=1S/C21H19F2N5O3S/c1-26-6-8-27(9-7-26)18-5-3-14(11-19(18)28(30)31)20(29)25-21-24-17(12-32-21)13-2-4-15(22)16(23)10-13/h2-5,10-12H,6-9H2,1H3,(H,24,25,29). The highest BCUT2D eigenvalue weighted by molar-refractivity contribution is 7.14. The number of nitro groups is 1. The lowest BCUT2D eigenvalue weighted by Gasteiger charge is -2.33. The third kappa shape index (κ3) is 4.58. The van der Waals surface area contributed by atoms with E-state index in [1.165, 1.54) is 12.1 Å². The molecular weight excluding hydrogens is 440 g/mol. The van der Waals surface area contributed by atoms with Gasteiger partial charge in [0.25, 0.3) is 11.6 Å². The van der Waals surface area contributed by atoms with Crippen molar-refractivity contribution in [2.75, 3.05) is 43.4 Å². The van der Waals surface area contributed by atoms with Crippen LogP contribution in [0.4, 0.5) is 25.3 Å². The van der Waals surface area contributed by atoms with Crippen LogP contribution < -0.4 is 10.2 Å². The summed E-state index contributed by atoms with van der Waals surface area (Å²) in [6.07, 6.45) is 0. The van der Waals surface area contributed by atoms with Gasteiger partial charge in [-0.15, -0.1) is 11.3 Å². The van der Waals surface area contributed by atoms with Gasteiger partial charge in [0.15, 0.2) is 16.8 Å². The van der Waals surface area contributed by atoms with Crippen molar-refractivity contribution in [1.82, 2.24) is 9.88 Å². The predicted molar refractivity (Wildman–Crippen MR) is 118 cm³/mol. The van der Waals surface area contributed by atoms with Gasteiger partial charge < -0.3 is 9.80 Å². The first-order valence-electron chi connectivity index (χ1n) is 9.76. The number of nitrogens with one attached hydrogen (secondary N) is 1. The Labute approximate surface area is 186 Å². The average Bonchev–Trinajstić information content (AvgIpc) is 3.24.